The number of thiocarbonyl (C=S) groups is 1. The van der Waals surface area contributed by atoms with Gasteiger partial charge in [-0.3, -0.25) is 14.7 Å². The van der Waals surface area contributed by atoms with Crippen LogP contribution in [-0.4, -0.2) is 125 Å². The van der Waals surface area contributed by atoms with Crippen LogP contribution in [0, 0.1) is 11.8 Å². The summed E-state index contributed by atoms with van der Waals surface area (Å²) in [7, 11) is 1.77. The Morgan fingerprint density at radius 3 is 2.58 bits per heavy atom. The molecule has 5 heterocycles. The smallest absolute Gasteiger partial charge is 0.166 e. The maximum atomic E-state index is 5.59. The van der Waals surface area contributed by atoms with E-state index in [1.165, 1.54) is 38.2 Å². The number of anilines is 1. The van der Waals surface area contributed by atoms with E-state index in [-0.39, 0.29) is 0 Å². The Balaban J connectivity index is 1.01. The van der Waals surface area contributed by atoms with Crippen LogP contribution in [-0.2, 0) is 4.74 Å². The van der Waals surface area contributed by atoms with Gasteiger partial charge in [0, 0.05) is 78.0 Å². The van der Waals surface area contributed by atoms with E-state index in [4.69, 9.17) is 21.7 Å². The van der Waals surface area contributed by atoms with Crippen molar-refractivity contribution in [1.82, 2.24) is 25.3 Å². The second-order valence-corrected chi connectivity index (χ2v) is 11.2. The van der Waals surface area contributed by atoms with Gasteiger partial charge in [-0.15, -0.1) is 0 Å². The molecule has 5 saturated heterocycles. The average molecular weight is 517 g/mol. The first kappa shape index (κ1) is 26.0. The Kier molecular flexibility index (Phi) is 9.19. The Morgan fingerprint density at radius 2 is 1.83 bits per heavy atom. The molecule has 5 fully saturated rings. The fraction of sp³-hybridized carbons (Fsp3) is 0.741. The summed E-state index contributed by atoms with van der Waals surface area (Å²) in [6.45, 7) is 14.8. The Morgan fingerprint density at radius 1 is 1.03 bits per heavy atom. The van der Waals surface area contributed by atoms with Gasteiger partial charge in [0.2, 0.25) is 0 Å². The van der Waals surface area contributed by atoms with Gasteiger partial charge in [-0.05, 0) is 55.6 Å². The predicted octanol–water partition coefficient (Wildman–Crippen LogP) is 1.32. The molecule has 8 nitrogen and oxygen atoms in total. The SMILES string of the molecule is COc1ccccc1N1CCN(C[C@@H]2CN3CC[C@H]2C[C@@H]3CNC(=S)NCCN2CCOCC2)CC1. The summed E-state index contributed by atoms with van der Waals surface area (Å²) in [5, 5.41) is 7.71. The van der Waals surface area contributed by atoms with E-state index in [2.05, 4.69) is 48.4 Å². The van der Waals surface area contributed by atoms with E-state index < -0.39 is 0 Å². The number of benzene rings is 1. The Bertz CT molecular complexity index is 845. The Labute approximate surface area is 222 Å². The van der Waals surface area contributed by atoms with Crippen LogP contribution in [0.3, 0.4) is 0 Å². The monoisotopic (exact) mass is 516 g/mol. The molecule has 36 heavy (non-hydrogen) atoms. The van der Waals surface area contributed by atoms with Crippen LogP contribution >= 0.6 is 12.2 Å². The third-order valence-electron chi connectivity index (χ3n) is 8.62. The van der Waals surface area contributed by atoms with Crippen molar-refractivity contribution in [2.45, 2.75) is 18.9 Å². The van der Waals surface area contributed by atoms with Crippen molar-refractivity contribution >= 4 is 23.0 Å². The lowest BCUT2D eigenvalue weighted by atomic mass is 9.75. The minimum Gasteiger partial charge on any atom is -0.495 e. The van der Waals surface area contributed by atoms with Crippen molar-refractivity contribution in [2.24, 2.45) is 11.8 Å². The van der Waals surface area contributed by atoms with Gasteiger partial charge < -0.3 is 25.0 Å². The van der Waals surface area contributed by atoms with Gasteiger partial charge in [0.15, 0.2) is 5.11 Å². The molecule has 0 spiro atoms. The van der Waals surface area contributed by atoms with Crippen LogP contribution in [0.2, 0.25) is 0 Å². The molecule has 6 rings (SSSR count). The number of nitrogens with one attached hydrogen (secondary N) is 2. The number of hydrogen-bond acceptors (Lipinski definition) is 7. The molecule has 5 aliphatic rings. The minimum absolute atomic E-state index is 0.612. The third-order valence-corrected chi connectivity index (χ3v) is 8.91. The van der Waals surface area contributed by atoms with E-state index in [1.807, 2.05) is 6.07 Å². The van der Waals surface area contributed by atoms with Crippen LogP contribution in [0.4, 0.5) is 5.69 Å². The number of para-hydroxylation sites is 2. The number of morpholine rings is 1. The van der Waals surface area contributed by atoms with Crippen molar-refractivity contribution in [2.75, 3.05) is 104 Å². The number of piperidine rings is 3. The molecule has 5 aliphatic heterocycles. The van der Waals surface area contributed by atoms with Crippen molar-refractivity contribution < 1.29 is 9.47 Å². The number of ether oxygens (including phenoxy) is 2. The number of hydrogen-bond donors (Lipinski definition) is 2. The van der Waals surface area contributed by atoms with E-state index >= 15 is 0 Å². The second-order valence-electron chi connectivity index (χ2n) is 10.7. The zero-order chi connectivity index (χ0) is 24.7. The standard InChI is InChI=1S/C27H44N6O2S/c1-34-26-5-3-2-4-25(26)32-12-10-31(11-13-32)20-23-21-33-8-6-22(23)18-24(33)19-29-27(36)28-7-9-30-14-16-35-17-15-30/h2-5,22-24H,6-21H2,1H3,(H2,28,29,36)/t22-,23+,24+/m0/s1. The van der Waals surface area contributed by atoms with E-state index in [0.717, 1.165) is 94.8 Å². The summed E-state index contributed by atoms with van der Waals surface area (Å²) in [4.78, 5) is 10.3. The molecule has 1 unspecified atom stereocenters. The van der Waals surface area contributed by atoms with Gasteiger partial charge in [-0.25, -0.2) is 0 Å². The molecule has 0 amide bonds. The fourth-order valence-electron chi connectivity index (χ4n) is 6.49. The number of piperazine rings is 1. The fourth-order valence-corrected chi connectivity index (χ4v) is 6.67. The lowest BCUT2D eigenvalue weighted by Crippen LogP contribution is -2.59. The molecule has 1 aromatic rings. The first-order valence-electron chi connectivity index (χ1n) is 13.9. The van der Waals surface area contributed by atoms with E-state index in [0.29, 0.717) is 6.04 Å². The normalized spacial score (nSPS) is 29.2. The molecule has 0 radical (unpaired) electrons. The highest BCUT2D eigenvalue weighted by atomic mass is 32.1. The number of methoxy groups -OCH3 is 1. The quantitative estimate of drug-likeness (QED) is 0.474. The topological polar surface area (TPSA) is 55.5 Å². The zero-order valence-electron chi connectivity index (χ0n) is 21.9. The summed E-state index contributed by atoms with van der Waals surface area (Å²) >= 11 is 5.56. The predicted molar refractivity (Wildman–Crippen MR) is 149 cm³/mol. The maximum absolute atomic E-state index is 5.59. The van der Waals surface area contributed by atoms with Gasteiger partial charge in [-0.2, -0.15) is 0 Å². The van der Waals surface area contributed by atoms with Crippen LogP contribution in [0.25, 0.3) is 0 Å². The molecule has 2 N–H and O–H groups in total. The van der Waals surface area contributed by atoms with Gasteiger partial charge in [0.1, 0.15) is 5.75 Å². The largest absolute Gasteiger partial charge is 0.495 e. The van der Waals surface area contributed by atoms with Crippen molar-refractivity contribution in [3.63, 3.8) is 0 Å². The molecule has 2 bridgehead atoms. The summed E-state index contributed by atoms with van der Waals surface area (Å²) in [6.07, 6.45) is 2.65. The summed E-state index contributed by atoms with van der Waals surface area (Å²) in [5.41, 5.74) is 1.23. The molecule has 4 atom stereocenters. The highest BCUT2D eigenvalue weighted by molar-refractivity contribution is 7.80. The summed E-state index contributed by atoms with van der Waals surface area (Å²) < 4.78 is 11.0. The van der Waals surface area contributed by atoms with Gasteiger partial charge >= 0.3 is 0 Å². The molecule has 9 heteroatoms. The minimum atomic E-state index is 0.612. The van der Waals surface area contributed by atoms with Gasteiger partial charge in [-0.1, -0.05) is 12.1 Å². The maximum Gasteiger partial charge on any atom is 0.166 e. The number of rotatable bonds is 9. The van der Waals surface area contributed by atoms with E-state index in [1.54, 1.807) is 7.11 Å². The van der Waals surface area contributed by atoms with Crippen molar-refractivity contribution in [3.05, 3.63) is 24.3 Å². The zero-order valence-corrected chi connectivity index (χ0v) is 22.7. The summed E-state index contributed by atoms with van der Waals surface area (Å²) in [5.74, 6) is 2.62. The number of nitrogens with zero attached hydrogens (tertiary/aromatic N) is 4. The molecule has 0 aliphatic carbocycles. The first-order chi connectivity index (χ1) is 17.7. The third kappa shape index (κ3) is 6.61. The lowest BCUT2D eigenvalue weighted by molar-refractivity contribution is -0.0110. The second kappa shape index (κ2) is 12.7. The van der Waals surface area contributed by atoms with Crippen LogP contribution in [0.15, 0.2) is 24.3 Å². The molecule has 0 saturated carbocycles. The Hall–Kier alpha value is -1.65. The summed E-state index contributed by atoms with van der Waals surface area (Å²) in [6, 6.07) is 9.01. The van der Waals surface area contributed by atoms with Crippen LogP contribution in [0.5, 0.6) is 5.75 Å². The molecule has 1 aromatic carbocycles. The van der Waals surface area contributed by atoms with Gasteiger partial charge in [0.25, 0.3) is 0 Å². The average Bonchev–Trinajstić information content (AvgIpc) is 2.93. The highest BCUT2D eigenvalue weighted by Gasteiger charge is 2.40. The highest BCUT2D eigenvalue weighted by Crippen LogP contribution is 2.37. The van der Waals surface area contributed by atoms with Crippen molar-refractivity contribution in [1.29, 1.82) is 0 Å². The molecular formula is C27H44N6O2S. The first-order valence-corrected chi connectivity index (χ1v) is 14.3. The molecule has 200 valence electrons. The molecular weight excluding hydrogens is 472 g/mol. The lowest BCUT2D eigenvalue weighted by Gasteiger charge is -2.51. The molecule has 0 aromatic heterocycles. The van der Waals surface area contributed by atoms with E-state index in [9.17, 15) is 0 Å². The number of fused-ring (bicyclic) bond motifs is 3. The van der Waals surface area contributed by atoms with Crippen molar-refractivity contribution in [3.8, 4) is 5.75 Å². The van der Waals surface area contributed by atoms with Gasteiger partial charge in [0.05, 0.1) is 26.0 Å². The van der Waals surface area contributed by atoms with Crippen LogP contribution in [0.1, 0.15) is 12.8 Å². The van der Waals surface area contributed by atoms with Crippen LogP contribution < -0.4 is 20.3 Å².